The van der Waals surface area contributed by atoms with Crippen LogP contribution in [0, 0.1) is 5.82 Å². The SMILES string of the molecule is C=C(C)NC(C)(C)c1cccc(-n2c(C3CC3)c(F)c3cn[nH]c32)n1. The molecule has 25 heavy (non-hydrogen) atoms. The summed E-state index contributed by atoms with van der Waals surface area (Å²) in [4.78, 5) is 4.83. The lowest BCUT2D eigenvalue weighted by Crippen LogP contribution is -2.35. The summed E-state index contributed by atoms with van der Waals surface area (Å²) in [6.07, 6.45) is 3.57. The number of aromatic nitrogens is 4. The average Bonchev–Trinajstić information content (AvgIpc) is 3.19. The number of rotatable bonds is 5. The molecule has 0 unspecified atom stereocenters. The van der Waals surface area contributed by atoms with E-state index in [4.69, 9.17) is 4.98 Å². The van der Waals surface area contributed by atoms with Gasteiger partial charge < -0.3 is 5.32 Å². The van der Waals surface area contributed by atoms with E-state index in [-0.39, 0.29) is 17.3 Å². The van der Waals surface area contributed by atoms with Gasteiger partial charge >= 0.3 is 0 Å². The number of nitrogens with one attached hydrogen (secondary N) is 2. The highest BCUT2D eigenvalue weighted by molar-refractivity contribution is 5.80. The van der Waals surface area contributed by atoms with Crippen LogP contribution in [0.5, 0.6) is 0 Å². The van der Waals surface area contributed by atoms with Crippen molar-refractivity contribution in [2.24, 2.45) is 0 Å². The molecule has 1 aliphatic rings. The zero-order valence-electron chi connectivity index (χ0n) is 14.7. The number of H-pyrrole nitrogens is 1. The van der Waals surface area contributed by atoms with E-state index in [1.807, 2.05) is 29.7 Å². The second-order valence-electron chi connectivity index (χ2n) is 7.35. The van der Waals surface area contributed by atoms with E-state index in [9.17, 15) is 4.39 Å². The van der Waals surface area contributed by atoms with Gasteiger partial charge in [-0.1, -0.05) is 12.6 Å². The Morgan fingerprint density at radius 3 is 2.84 bits per heavy atom. The first-order valence-electron chi connectivity index (χ1n) is 8.53. The van der Waals surface area contributed by atoms with E-state index in [0.717, 1.165) is 24.2 Å². The summed E-state index contributed by atoms with van der Waals surface area (Å²) >= 11 is 0. The molecule has 0 radical (unpaired) electrons. The molecule has 2 N–H and O–H groups in total. The third-order valence-corrected chi connectivity index (χ3v) is 4.64. The minimum atomic E-state index is -0.375. The summed E-state index contributed by atoms with van der Waals surface area (Å²) < 4.78 is 16.8. The molecular weight excluding hydrogens is 317 g/mol. The molecule has 3 aromatic rings. The van der Waals surface area contributed by atoms with E-state index >= 15 is 0 Å². The van der Waals surface area contributed by atoms with Crippen LogP contribution < -0.4 is 5.32 Å². The summed E-state index contributed by atoms with van der Waals surface area (Å²) in [5.41, 5.74) is 2.74. The predicted octanol–water partition coefficient (Wildman–Crippen LogP) is 4.12. The number of hydrogen-bond acceptors (Lipinski definition) is 3. The lowest BCUT2D eigenvalue weighted by atomic mass is 9.99. The Morgan fingerprint density at radius 2 is 2.16 bits per heavy atom. The fourth-order valence-electron chi connectivity index (χ4n) is 3.42. The van der Waals surface area contributed by atoms with Crippen molar-refractivity contribution < 1.29 is 4.39 Å². The van der Waals surface area contributed by atoms with Gasteiger partial charge in [0.05, 0.1) is 28.5 Å². The van der Waals surface area contributed by atoms with Gasteiger partial charge in [-0.05, 0) is 45.7 Å². The van der Waals surface area contributed by atoms with Gasteiger partial charge in [0.2, 0.25) is 0 Å². The smallest absolute Gasteiger partial charge is 0.155 e. The highest BCUT2D eigenvalue weighted by Gasteiger charge is 2.34. The molecule has 0 amide bonds. The lowest BCUT2D eigenvalue weighted by molar-refractivity contribution is 0.436. The predicted molar refractivity (Wildman–Crippen MR) is 96.1 cm³/mol. The Balaban J connectivity index is 1.87. The quantitative estimate of drug-likeness (QED) is 0.735. The van der Waals surface area contributed by atoms with Crippen molar-refractivity contribution in [2.45, 2.75) is 45.1 Å². The van der Waals surface area contributed by atoms with Crippen LogP contribution in [-0.2, 0) is 5.54 Å². The fraction of sp³-hybridized carbons (Fsp3) is 0.368. The minimum Gasteiger partial charge on any atom is -0.379 e. The van der Waals surface area contributed by atoms with E-state index in [0.29, 0.717) is 22.5 Å². The number of nitrogens with zero attached hydrogens (tertiary/aromatic N) is 3. The van der Waals surface area contributed by atoms with Crippen LogP contribution in [0.2, 0.25) is 0 Å². The molecule has 0 bridgehead atoms. The standard InChI is InChI=1S/C19H22FN5/c1-11(2)23-19(3,4)14-6-5-7-15(22-14)25-17(12-8-9-12)16(20)13-10-21-24-18(13)25/h5-7,10,12,23H,1,8-9H2,2-4H3,(H,21,24). The molecule has 5 nitrogen and oxygen atoms in total. The third kappa shape index (κ3) is 2.62. The maximum atomic E-state index is 14.9. The van der Waals surface area contributed by atoms with Gasteiger partial charge in [0.25, 0.3) is 0 Å². The van der Waals surface area contributed by atoms with Crippen LogP contribution in [0.25, 0.3) is 16.9 Å². The average molecular weight is 339 g/mol. The van der Waals surface area contributed by atoms with Gasteiger partial charge in [0, 0.05) is 11.6 Å². The Kier molecular flexibility index (Phi) is 3.45. The fourth-order valence-corrected chi connectivity index (χ4v) is 3.42. The second kappa shape index (κ2) is 5.44. The van der Waals surface area contributed by atoms with Crippen molar-refractivity contribution in [3.05, 3.63) is 53.9 Å². The maximum Gasteiger partial charge on any atom is 0.155 e. The molecule has 3 aromatic heterocycles. The van der Waals surface area contributed by atoms with Gasteiger partial charge in [0.1, 0.15) is 11.5 Å². The molecule has 130 valence electrons. The first-order chi connectivity index (χ1) is 11.9. The normalized spacial score (nSPS) is 14.9. The highest BCUT2D eigenvalue weighted by atomic mass is 19.1. The van der Waals surface area contributed by atoms with Crippen molar-refractivity contribution in [1.29, 1.82) is 0 Å². The van der Waals surface area contributed by atoms with Crippen LogP contribution in [0.3, 0.4) is 0 Å². The first-order valence-corrected chi connectivity index (χ1v) is 8.53. The zero-order chi connectivity index (χ0) is 17.8. The van der Waals surface area contributed by atoms with Gasteiger partial charge in [-0.2, -0.15) is 5.10 Å². The molecule has 0 aromatic carbocycles. The monoisotopic (exact) mass is 339 g/mol. The second-order valence-corrected chi connectivity index (χ2v) is 7.35. The van der Waals surface area contributed by atoms with Crippen molar-refractivity contribution in [3.63, 3.8) is 0 Å². The molecule has 0 atom stereocenters. The zero-order valence-corrected chi connectivity index (χ0v) is 14.7. The van der Waals surface area contributed by atoms with E-state index in [1.165, 1.54) is 0 Å². The number of allylic oxidation sites excluding steroid dienone is 1. The molecule has 1 saturated carbocycles. The van der Waals surface area contributed by atoms with Crippen LogP contribution in [0.1, 0.15) is 50.9 Å². The lowest BCUT2D eigenvalue weighted by Gasteiger charge is -2.27. The molecule has 4 rings (SSSR count). The van der Waals surface area contributed by atoms with Crippen molar-refractivity contribution in [3.8, 4) is 5.82 Å². The topological polar surface area (TPSA) is 58.5 Å². The number of pyridine rings is 1. The van der Waals surface area contributed by atoms with Crippen LogP contribution in [-0.4, -0.2) is 19.7 Å². The van der Waals surface area contributed by atoms with Gasteiger partial charge in [-0.25, -0.2) is 9.37 Å². The number of fused-ring (bicyclic) bond motifs is 1. The molecule has 6 heteroatoms. The van der Waals surface area contributed by atoms with Crippen LogP contribution in [0.4, 0.5) is 4.39 Å². The molecule has 0 aliphatic heterocycles. The summed E-state index contributed by atoms with van der Waals surface area (Å²) in [7, 11) is 0. The maximum absolute atomic E-state index is 14.9. The van der Waals surface area contributed by atoms with E-state index in [1.54, 1.807) is 6.20 Å². The number of aromatic amines is 1. The van der Waals surface area contributed by atoms with Crippen molar-refractivity contribution >= 4 is 11.0 Å². The molecular formula is C19H22FN5. The van der Waals surface area contributed by atoms with Crippen molar-refractivity contribution in [2.75, 3.05) is 0 Å². The highest BCUT2D eigenvalue weighted by Crippen LogP contribution is 2.44. The first kappa shape index (κ1) is 15.9. The largest absolute Gasteiger partial charge is 0.379 e. The Morgan fingerprint density at radius 1 is 1.40 bits per heavy atom. The summed E-state index contributed by atoms with van der Waals surface area (Å²) in [6, 6.07) is 5.84. The van der Waals surface area contributed by atoms with Crippen LogP contribution in [0.15, 0.2) is 36.7 Å². The molecule has 3 heterocycles. The van der Waals surface area contributed by atoms with E-state index in [2.05, 4.69) is 35.9 Å². The Hall–Kier alpha value is -2.63. The van der Waals surface area contributed by atoms with E-state index < -0.39 is 0 Å². The minimum absolute atomic E-state index is 0.183. The summed E-state index contributed by atoms with van der Waals surface area (Å²) in [6.45, 7) is 9.95. The summed E-state index contributed by atoms with van der Waals surface area (Å²) in [5, 5.41) is 10.8. The van der Waals surface area contributed by atoms with Gasteiger partial charge in [-0.15, -0.1) is 0 Å². The van der Waals surface area contributed by atoms with Gasteiger partial charge in [-0.3, -0.25) is 9.67 Å². The Labute approximate surface area is 146 Å². The Bertz CT molecular complexity index is 962. The number of hydrogen-bond donors (Lipinski definition) is 2. The third-order valence-electron chi connectivity index (χ3n) is 4.64. The molecule has 1 aliphatic carbocycles. The molecule has 0 spiro atoms. The molecule has 0 saturated heterocycles. The summed E-state index contributed by atoms with van der Waals surface area (Å²) in [5.74, 6) is 0.778. The van der Waals surface area contributed by atoms with Crippen molar-refractivity contribution in [1.82, 2.24) is 25.1 Å². The van der Waals surface area contributed by atoms with Gasteiger partial charge in [0.15, 0.2) is 5.82 Å². The van der Waals surface area contributed by atoms with Crippen LogP contribution >= 0.6 is 0 Å². The molecule has 1 fully saturated rings. The number of halogens is 1.